The van der Waals surface area contributed by atoms with Gasteiger partial charge in [-0.05, 0) is 55.4 Å². The quantitative estimate of drug-likeness (QED) is 0.344. The molecule has 5 rings (SSSR count). The van der Waals surface area contributed by atoms with Crippen LogP contribution >= 0.6 is 0 Å². The number of para-hydroxylation sites is 1. The highest BCUT2D eigenvalue weighted by molar-refractivity contribution is 5.86. The molecule has 166 valence electrons. The van der Waals surface area contributed by atoms with E-state index in [4.69, 9.17) is 11.5 Å². The second kappa shape index (κ2) is 8.37. The van der Waals surface area contributed by atoms with Crippen LogP contribution in [-0.4, -0.2) is 41.9 Å². The van der Waals surface area contributed by atoms with Crippen molar-refractivity contribution in [3.63, 3.8) is 0 Å². The molecule has 8 nitrogen and oxygen atoms in total. The first-order chi connectivity index (χ1) is 15.5. The molecule has 0 spiro atoms. The van der Waals surface area contributed by atoms with Crippen molar-refractivity contribution in [3.8, 4) is 0 Å². The minimum Gasteiger partial charge on any atom is -0.390 e. The summed E-state index contributed by atoms with van der Waals surface area (Å²) in [5.41, 5.74) is 14.7. The number of hydrogen-bond acceptors (Lipinski definition) is 7. The number of nitrogen functional groups attached to an aromatic ring is 2. The number of nitrogens with two attached hydrogens (primary N) is 2. The molecule has 4 aromatic rings. The minimum absolute atomic E-state index is 0.0351. The molecule has 1 fully saturated rings. The fraction of sp³-hybridized carbons (Fsp3) is 0.375. The Morgan fingerprint density at radius 3 is 2.75 bits per heavy atom. The molecule has 1 saturated carbocycles. The van der Waals surface area contributed by atoms with Gasteiger partial charge in [-0.3, -0.25) is 0 Å². The topological polar surface area (TPSA) is 136 Å². The highest BCUT2D eigenvalue weighted by atomic mass is 16.3. The zero-order chi connectivity index (χ0) is 22.2. The number of nitrogens with zero attached hydrogens (tertiary/aromatic N) is 4. The molecule has 1 aliphatic rings. The highest BCUT2D eigenvalue weighted by Gasteiger charge is 2.42. The Hall–Kier alpha value is -3.23. The molecule has 0 amide bonds. The SMILES string of the molecule is Nc1ccc2cccc(CCCC[C@H]3C[C@@H](n4ccc5c(N)ncnc54)[C@H](O)[C@@H]3O)c2n1. The first-order valence-electron chi connectivity index (χ1n) is 11.1. The van der Waals surface area contributed by atoms with Crippen LogP contribution in [0.4, 0.5) is 11.6 Å². The monoisotopic (exact) mass is 432 g/mol. The fourth-order valence-corrected chi connectivity index (χ4v) is 5.07. The van der Waals surface area contributed by atoms with Gasteiger partial charge < -0.3 is 26.2 Å². The average Bonchev–Trinajstić information content (AvgIpc) is 3.34. The Morgan fingerprint density at radius 2 is 1.88 bits per heavy atom. The summed E-state index contributed by atoms with van der Waals surface area (Å²) in [7, 11) is 0. The largest absolute Gasteiger partial charge is 0.390 e. The maximum Gasteiger partial charge on any atom is 0.145 e. The summed E-state index contributed by atoms with van der Waals surface area (Å²) in [6.07, 6.45) is 6.11. The van der Waals surface area contributed by atoms with Gasteiger partial charge in [-0.15, -0.1) is 0 Å². The lowest BCUT2D eigenvalue weighted by Gasteiger charge is -2.19. The zero-order valence-corrected chi connectivity index (χ0v) is 17.8. The normalized spacial score (nSPS) is 23.3. The number of rotatable bonds is 6. The molecule has 1 aromatic carbocycles. The second-order valence-corrected chi connectivity index (χ2v) is 8.73. The summed E-state index contributed by atoms with van der Waals surface area (Å²) in [6.45, 7) is 0. The van der Waals surface area contributed by atoms with Crippen molar-refractivity contribution < 1.29 is 10.2 Å². The standard InChI is InChI=1S/C24H28N6O2/c25-19-9-8-15-7-3-6-14(20(15)29-19)4-1-2-5-16-12-18(22(32)21(16)31)30-11-10-17-23(26)27-13-28-24(17)30/h3,6-11,13,16,18,21-22,31-32H,1-2,4-5,12H2,(H2,25,29)(H2,26,27,28)/t16-,18+,21+,22-/m0/s1. The van der Waals surface area contributed by atoms with Crippen LogP contribution in [0.25, 0.3) is 21.9 Å². The first-order valence-corrected chi connectivity index (χ1v) is 11.1. The predicted molar refractivity (Wildman–Crippen MR) is 125 cm³/mol. The van der Waals surface area contributed by atoms with Crippen molar-refractivity contribution in [1.82, 2.24) is 19.5 Å². The van der Waals surface area contributed by atoms with E-state index >= 15 is 0 Å². The number of fused-ring (bicyclic) bond motifs is 2. The van der Waals surface area contributed by atoms with E-state index in [0.717, 1.165) is 42.0 Å². The Kier molecular flexibility index (Phi) is 5.40. The molecule has 3 heterocycles. The van der Waals surface area contributed by atoms with Crippen molar-refractivity contribution in [2.75, 3.05) is 11.5 Å². The minimum atomic E-state index is -0.836. The van der Waals surface area contributed by atoms with Crippen LogP contribution in [0.5, 0.6) is 0 Å². The molecular formula is C24H28N6O2. The van der Waals surface area contributed by atoms with Crippen molar-refractivity contribution in [2.45, 2.75) is 50.4 Å². The van der Waals surface area contributed by atoms with Gasteiger partial charge in [0.1, 0.15) is 29.7 Å². The number of unbranched alkanes of at least 4 members (excludes halogenated alkanes) is 1. The Morgan fingerprint density at radius 1 is 1.00 bits per heavy atom. The van der Waals surface area contributed by atoms with E-state index in [1.165, 1.54) is 11.9 Å². The molecular weight excluding hydrogens is 404 g/mol. The summed E-state index contributed by atoms with van der Waals surface area (Å²) in [6, 6.07) is 11.7. The fourth-order valence-electron chi connectivity index (χ4n) is 5.07. The third kappa shape index (κ3) is 3.65. The summed E-state index contributed by atoms with van der Waals surface area (Å²) in [4.78, 5) is 12.9. The smallest absolute Gasteiger partial charge is 0.145 e. The molecule has 0 saturated heterocycles. The van der Waals surface area contributed by atoms with Crippen LogP contribution in [-0.2, 0) is 6.42 Å². The number of anilines is 2. The predicted octanol–water partition coefficient (Wildman–Crippen LogP) is 2.84. The van der Waals surface area contributed by atoms with Crippen LogP contribution in [0.3, 0.4) is 0 Å². The maximum absolute atomic E-state index is 10.7. The lowest BCUT2D eigenvalue weighted by atomic mass is 9.96. The molecule has 3 aromatic heterocycles. The van der Waals surface area contributed by atoms with E-state index in [1.807, 2.05) is 35.0 Å². The number of aromatic nitrogens is 4. The van der Waals surface area contributed by atoms with Crippen LogP contribution in [0.1, 0.15) is 37.3 Å². The summed E-state index contributed by atoms with van der Waals surface area (Å²) in [5.74, 6) is 0.986. The Balaban J connectivity index is 1.23. The molecule has 8 heteroatoms. The van der Waals surface area contributed by atoms with E-state index in [1.54, 1.807) is 0 Å². The van der Waals surface area contributed by atoms with E-state index in [-0.39, 0.29) is 12.0 Å². The van der Waals surface area contributed by atoms with Crippen LogP contribution < -0.4 is 11.5 Å². The lowest BCUT2D eigenvalue weighted by molar-refractivity contribution is 0.00502. The van der Waals surface area contributed by atoms with Gasteiger partial charge in [-0.1, -0.05) is 24.6 Å². The first kappa shape index (κ1) is 20.7. The van der Waals surface area contributed by atoms with Crippen molar-refractivity contribution in [1.29, 1.82) is 0 Å². The highest BCUT2D eigenvalue weighted by Crippen LogP contribution is 2.40. The number of aliphatic hydroxyl groups excluding tert-OH is 2. The van der Waals surface area contributed by atoms with E-state index in [0.29, 0.717) is 23.7 Å². The summed E-state index contributed by atoms with van der Waals surface area (Å²) >= 11 is 0. The summed E-state index contributed by atoms with van der Waals surface area (Å²) in [5, 5.41) is 23.3. The molecule has 1 aliphatic carbocycles. The Bertz CT molecular complexity index is 1260. The third-order valence-electron chi connectivity index (χ3n) is 6.77. The van der Waals surface area contributed by atoms with Gasteiger partial charge in [0.2, 0.25) is 0 Å². The third-order valence-corrected chi connectivity index (χ3v) is 6.77. The molecule has 32 heavy (non-hydrogen) atoms. The van der Waals surface area contributed by atoms with Crippen LogP contribution in [0.15, 0.2) is 48.9 Å². The number of aliphatic hydroxyl groups is 2. The van der Waals surface area contributed by atoms with Crippen molar-refractivity contribution in [2.24, 2.45) is 5.92 Å². The lowest BCUT2D eigenvalue weighted by Crippen LogP contribution is -2.29. The van der Waals surface area contributed by atoms with Gasteiger partial charge in [0.15, 0.2) is 0 Å². The van der Waals surface area contributed by atoms with E-state index in [2.05, 4.69) is 27.1 Å². The number of benzene rings is 1. The van der Waals surface area contributed by atoms with E-state index in [9.17, 15) is 10.2 Å². The van der Waals surface area contributed by atoms with Gasteiger partial charge in [0.25, 0.3) is 0 Å². The van der Waals surface area contributed by atoms with Crippen molar-refractivity contribution in [3.05, 3.63) is 54.5 Å². The van der Waals surface area contributed by atoms with Crippen LogP contribution in [0, 0.1) is 5.92 Å². The zero-order valence-electron chi connectivity index (χ0n) is 17.8. The number of aryl methyl sites for hydroxylation is 1. The molecule has 0 radical (unpaired) electrons. The maximum atomic E-state index is 10.7. The van der Waals surface area contributed by atoms with Gasteiger partial charge in [-0.25, -0.2) is 15.0 Å². The molecule has 4 atom stereocenters. The number of pyridine rings is 1. The van der Waals surface area contributed by atoms with Gasteiger partial charge in [0, 0.05) is 11.6 Å². The molecule has 0 aliphatic heterocycles. The molecule has 0 unspecified atom stereocenters. The summed E-state index contributed by atoms with van der Waals surface area (Å²) < 4.78 is 1.92. The average molecular weight is 433 g/mol. The molecule has 6 N–H and O–H groups in total. The number of hydrogen-bond donors (Lipinski definition) is 4. The van der Waals surface area contributed by atoms with Crippen LogP contribution in [0.2, 0.25) is 0 Å². The van der Waals surface area contributed by atoms with Gasteiger partial charge in [-0.2, -0.15) is 0 Å². The Labute approximate surface area is 185 Å². The van der Waals surface area contributed by atoms with Crippen molar-refractivity contribution >= 4 is 33.6 Å². The second-order valence-electron chi connectivity index (χ2n) is 8.73. The molecule has 0 bridgehead atoms. The van der Waals surface area contributed by atoms with Gasteiger partial charge >= 0.3 is 0 Å². The van der Waals surface area contributed by atoms with Gasteiger partial charge in [0.05, 0.1) is 23.0 Å². The van der Waals surface area contributed by atoms with E-state index < -0.39 is 12.2 Å².